The molecular formula is C17H25NO3. The first-order valence-corrected chi connectivity index (χ1v) is 7.64. The molecule has 116 valence electrons. The van der Waals surface area contributed by atoms with Gasteiger partial charge < -0.3 is 14.8 Å². The number of methoxy groups -OCH3 is 1. The van der Waals surface area contributed by atoms with Crippen LogP contribution >= 0.6 is 0 Å². The van der Waals surface area contributed by atoms with Crippen LogP contribution in [0.25, 0.3) is 0 Å². The number of ether oxygens (including phenoxy) is 2. The summed E-state index contributed by atoms with van der Waals surface area (Å²) in [5.74, 6) is 0.969. The molecule has 21 heavy (non-hydrogen) atoms. The Morgan fingerprint density at radius 2 is 2.29 bits per heavy atom. The predicted octanol–water partition coefficient (Wildman–Crippen LogP) is 2.48. The van der Waals surface area contributed by atoms with Crippen molar-refractivity contribution >= 4 is 5.91 Å². The van der Waals surface area contributed by atoms with Crippen LogP contribution in [-0.4, -0.2) is 32.3 Å². The van der Waals surface area contributed by atoms with E-state index in [2.05, 4.69) is 18.3 Å². The van der Waals surface area contributed by atoms with E-state index in [9.17, 15) is 4.79 Å². The first-order valence-electron chi connectivity index (χ1n) is 7.64. The Balaban J connectivity index is 1.86. The molecule has 1 saturated heterocycles. The molecular weight excluding hydrogens is 266 g/mol. The van der Waals surface area contributed by atoms with Crippen molar-refractivity contribution in [1.29, 1.82) is 0 Å². The van der Waals surface area contributed by atoms with Gasteiger partial charge in [-0.1, -0.05) is 17.7 Å². The summed E-state index contributed by atoms with van der Waals surface area (Å²) in [6.07, 6.45) is 2.68. The van der Waals surface area contributed by atoms with Crippen molar-refractivity contribution in [1.82, 2.24) is 5.32 Å². The number of aryl methyl sites for hydroxylation is 1. The molecule has 0 spiro atoms. The number of hydrogen-bond donors (Lipinski definition) is 1. The highest BCUT2D eigenvalue weighted by atomic mass is 16.5. The molecule has 2 atom stereocenters. The van der Waals surface area contributed by atoms with Crippen molar-refractivity contribution in [3.63, 3.8) is 0 Å². The zero-order chi connectivity index (χ0) is 15.2. The molecule has 4 nitrogen and oxygen atoms in total. The summed E-state index contributed by atoms with van der Waals surface area (Å²) in [4.78, 5) is 12.2. The second-order valence-corrected chi connectivity index (χ2v) is 5.68. The summed E-state index contributed by atoms with van der Waals surface area (Å²) in [6, 6.07) is 6.11. The molecule has 1 fully saturated rings. The smallest absolute Gasteiger partial charge is 0.225 e. The molecule has 1 heterocycles. The van der Waals surface area contributed by atoms with E-state index in [1.54, 1.807) is 7.11 Å². The lowest BCUT2D eigenvalue weighted by molar-refractivity contribution is -0.133. The first kappa shape index (κ1) is 15.8. The SMILES string of the molecule is COc1ccc(C)cc1CCNC(=O)[C@@H]1CCCO[C@@H]1C. The molecule has 1 N–H and O–H groups in total. The van der Waals surface area contributed by atoms with Gasteiger partial charge in [0.1, 0.15) is 5.75 Å². The number of amides is 1. The number of rotatable bonds is 5. The number of benzene rings is 1. The highest BCUT2D eigenvalue weighted by Gasteiger charge is 2.28. The van der Waals surface area contributed by atoms with Gasteiger partial charge in [0.2, 0.25) is 5.91 Å². The normalized spacial score (nSPS) is 21.9. The highest BCUT2D eigenvalue weighted by Crippen LogP contribution is 2.21. The van der Waals surface area contributed by atoms with Gasteiger partial charge >= 0.3 is 0 Å². The van der Waals surface area contributed by atoms with Crippen LogP contribution in [0.3, 0.4) is 0 Å². The second kappa shape index (κ2) is 7.46. The Hall–Kier alpha value is -1.55. The molecule has 2 rings (SSSR count). The molecule has 1 aromatic rings. The number of nitrogens with one attached hydrogen (secondary N) is 1. The van der Waals surface area contributed by atoms with Crippen LogP contribution in [0.4, 0.5) is 0 Å². The molecule has 0 unspecified atom stereocenters. The minimum absolute atomic E-state index is 0.0156. The fraction of sp³-hybridized carbons (Fsp3) is 0.588. The topological polar surface area (TPSA) is 47.6 Å². The molecule has 0 aromatic heterocycles. The Morgan fingerprint density at radius 1 is 1.48 bits per heavy atom. The van der Waals surface area contributed by atoms with E-state index in [4.69, 9.17) is 9.47 Å². The highest BCUT2D eigenvalue weighted by molar-refractivity contribution is 5.79. The van der Waals surface area contributed by atoms with Crippen molar-refractivity contribution in [2.24, 2.45) is 5.92 Å². The Kier molecular flexibility index (Phi) is 5.62. The molecule has 1 aliphatic rings. The van der Waals surface area contributed by atoms with Crippen molar-refractivity contribution in [2.75, 3.05) is 20.3 Å². The van der Waals surface area contributed by atoms with Crippen LogP contribution in [0.2, 0.25) is 0 Å². The number of hydrogen-bond acceptors (Lipinski definition) is 3. The molecule has 0 saturated carbocycles. The Labute approximate surface area is 126 Å². The van der Waals surface area contributed by atoms with Gasteiger partial charge in [-0.05, 0) is 44.7 Å². The summed E-state index contributed by atoms with van der Waals surface area (Å²) < 4.78 is 10.9. The Morgan fingerprint density at radius 3 is 3.00 bits per heavy atom. The summed E-state index contributed by atoms with van der Waals surface area (Å²) in [6.45, 7) is 5.43. The number of carbonyl (C=O) groups excluding carboxylic acids is 1. The third kappa shape index (κ3) is 4.21. The quantitative estimate of drug-likeness (QED) is 0.906. The zero-order valence-electron chi connectivity index (χ0n) is 13.1. The summed E-state index contributed by atoms with van der Waals surface area (Å²) in [7, 11) is 1.67. The van der Waals surface area contributed by atoms with Crippen LogP contribution in [0.5, 0.6) is 5.75 Å². The zero-order valence-corrected chi connectivity index (χ0v) is 13.1. The molecule has 0 radical (unpaired) electrons. The lowest BCUT2D eigenvalue weighted by Gasteiger charge is -2.28. The summed E-state index contributed by atoms with van der Waals surface area (Å²) >= 11 is 0. The van der Waals surface area contributed by atoms with Gasteiger partial charge in [-0.3, -0.25) is 4.79 Å². The van der Waals surface area contributed by atoms with Crippen molar-refractivity contribution in [3.8, 4) is 5.75 Å². The van der Waals surface area contributed by atoms with Crippen LogP contribution < -0.4 is 10.1 Å². The van der Waals surface area contributed by atoms with Gasteiger partial charge in [-0.15, -0.1) is 0 Å². The minimum atomic E-state index is -0.0156. The summed E-state index contributed by atoms with van der Waals surface area (Å²) in [5.41, 5.74) is 2.33. The van der Waals surface area contributed by atoms with Crippen molar-refractivity contribution in [3.05, 3.63) is 29.3 Å². The predicted molar refractivity (Wildman–Crippen MR) is 82.6 cm³/mol. The average Bonchev–Trinajstić information content (AvgIpc) is 2.48. The molecule has 1 aromatic carbocycles. The van der Waals surface area contributed by atoms with Crippen LogP contribution in [0.1, 0.15) is 30.9 Å². The molecule has 1 amide bonds. The number of carbonyl (C=O) groups is 1. The van der Waals surface area contributed by atoms with Gasteiger partial charge in [-0.2, -0.15) is 0 Å². The van der Waals surface area contributed by atoms with Crippen molar-refractivity contribution < 1.29 is 14.3 Å². The molecule has 4 heteroatoms. The average molecular weight is 291 g/mol. The Bertz CT molecular complexity index is 487. The molecule has 0 aliphatic carbocycles. The van der Waals surface area contributed by atoms with Gasteiger partial charge in [0.05, 0.1) is 19.1 Å². The second-order valence-electron chi connectivity index (χ2n) is 5.68. The van der Waals surface area contributed by atoms with Gasteiger partial charge in [0, 0.05) is 13.2 Å². The minimum Gasteiger partial charge on any atom is -0.496 e. The third-order valence-electron chi connectivity index (χ3n) is 4.07. The van der Waals surface area contributed by atoms with Crippen LogP contribution in [-0.2, 0) is 16.0 Å². The maximum atomic E-state index is 12.2. The van der Waals surface area contributed by atoms with Crippen LogP contribution in [0.15, 0.2) is 18.2 Å². The van der Waals surface area contributed by atoms with E-state index < -0.39 is 0 Å². The summed E-state index contributed by atoms with van der Waals surface area (Å²) in [5, 5.41) is 3.03. The van der Waals surface area contributed by atoms with E-state index in [1.165, 1.54) is 5.56 Å². The maximum Gasteiger partial charge on any atom is 0.225 e. The molecule has 0 bridgehead atoms. The lowest BCUT2D eigenvalue weighted by atomic mass is 9.94. The van der Waals surface area contributed by atoms with Gasteiger partial charge in [0.15, 0.2) is 0 Å². The fourth-order valence-electron chi connectivity index (χ4n) is 2.82. The lowest BCUT2D eigenvalue weighted by Crippen LogP contribution is -2.40. The third-order valence-corrected chi connectivity index (χ3v) is 4.07. The maximum absolute atomic E-state index is 12.2. The van der Waals surface area contributed by atoms with Crippen LogP contribution in [0, 0.1) is 12.8 Å². The van der Waals surface area contributed by atoms with Gasteiger partial charge in [-0.25, -0.2) is 0 Å². The standard InChI is InChI=1S/C17H25NO3/c1-12-6-7-16(20-3)14(11-12)8-9-18-17(19)15-5-4-10-21-13(15)2/h6-7,11,13,15H,4-5,8-10H2,1-3H3,(H,18,19)/t13-,15-/m1/s1. The van der Waals surface area contributed by atoms with E-state index in [0.717, 1.165) is 37.2 Å². The molecule has 1 aliphatic heterocycles. The fourth-order valence-corrected chi connectivity index (χ4v) is 2.82. The van der Waals surface area contributed by atoms with E-state index in [-0.39, 0.29) is 17.9 Å². The van der Waals surface area contributed by atoms with E-state index >= 15 is 0 Å². The first-order chi connectivity index (χ1) is 10.1. The van der Waals surface area contributed by atoms with E-state index in [1.807, 2.05) is 19.1 Å². The monoisotopic (exact) mass is 291 g/mol. The van der Waals surface area contributed by atoms with E-state index in [0.29, 0.717) is 6.54 Å². The van der Waals surface area contributed by atoms with Gasteiger partial charge in [0.25, 0.3) is 0 Å². The van der Waals surface area contributed by atoms with Crippen molar-refractivity contribution in [2.45, 2.75) is 39.2 Å². The largest absolute Gasteiger partial charge is 0.496 e.